The summed E-state index contributed by atoms with van der Waals surface area (Å²) in [6.07, 6.45) is 1.16. The molecule has 90 valence electrons. The van der Waals surface area contributed by atoms with Crippen LogP contribution in [-0.2, 0) is 0 Å². The Labute approximate surface area is 107 Å². The predicted octanol–water partition coefficient (Wildman–Crippen LogP) is 3.40. The van der Waals surface area contributed by atoms with Crippen LogP contribution < -0.4 is 11.1 Å². The maximum atomic E-state index is 5.94. The number of hydrogen-bond acceptors (Lipinski definition) is 3. The number of halogens is 1. The van der Waals surface area contributed by atoms with Crippen molar-refractivity contribution in [1.29, 1.82) is 0 Å². The van der Waals surface area contributed by atoms with E-state index in [2.05, 4.69) is 19.2 Å². The van der Waals surface area contributed by atoms with Gasteiger partial charge in [0, 0.05) is 10.9 Å². The molecule has 0 unspecified atom stereocenters. The second kappa shape index (κ2) is 7.05. The summed E-state index contributed by atoms with van der Waals surface area (Å²) in [6.45, 7) is 5.38. The molecule has 0 fully saturated rings. The van der Waals surface area contributed by atoms with Gasteiger partial charge in [0.2, 0.25) is 0 Å². The molecule has 0 saturated heterocycles. The molecule has 0 aliphatic heterocycles. The fourth-order valence-corrected chi connectivity index (χ4v) is 2.39. The number of rotatable bonds is 6. The molecule has 1 aromatic rings. The third-order valence-electron chi connectivity index (χ3n) is 2.11. The highest BCUT2D eigenvalue weighted by Gasteiger charge is 1.99. The lowest BCUT2D eigenvalue weighted by atomic mass is 10.3. The zero-order valence-electron chi connectivity index (χ0n) is 9.79. The molecule has 0 radical (unpaired) electrons. The van der Waals surface area contributed by atoms with E-state index in [1.807, 2.05) is 30.0 Å². The van der Waals surface area contributed by atoms with E-state index in [9.17, 15) is 0 Å². The van der Waals surface area contributed by atoms with Gasteiger partial charge < -0.3 is 11.1 Å². The zero-order chi connectivity index (χ0) is 12.0. The summed E-state index contributed by atoms with van der Waals surface area (Å²) in [7, 11) is 0. The molecule has 3 N–H and O–H groups in total. The molecule has 0 saturated carbocycles. The molecule has 0 amide bonds. The van der Waals surface area contributed by atoms with E-state index in [1.165, 1.54) is 4.90 Å². The Morgan fingerprint density at radius 2 is 2.19 bits per heavy atom. The van der Waals surface area contributed by atoms with E-state index < -0.39 is 0 Å². The van der Waals surface area contributed by atoms with Gasteiger partial charge in [-0.1, -0.05) is 25.4 Å². The lowest BCUT2D eigenvalue weighted by Crippen LogP contribution is -2.23. The van der Waals surface area contributed by atoms with Crippen LogP contribution >= 0.6 is 23.4 Å². The van der Waals surface area contributed by atoms with E-state index in [0.717, 1.165) is 18.7 Å². The van der Waals surface area contributed by atoms with Gasteiger partial charge in [-0.05, 0) is 36.9 Å². The van der Waals surface area contributed by atoms with Crippen molar-refractivity contribution in [1.82, 2.24) is 5.32 Å². The molecule has 1 rings (SSSR count). The van der Waals surface area contributed by atoms with Gasteiger partial charge in [-0.25, -0.2) is 0 Å². The Hall–Kier alpha value is -0.380. The van der Waals surface area contributed by atoms with Crippen molar-refractivity contribution < 1.29 is 0 Å². The second-order valence-corrected chi connectivity index (χ2v) is 5.57. The Balaban J connectivity index is 2.24. The van der Waals surface area contributed by atoms with Crippen LogP contribution in [0.5, 0.6) is 0 Å². The highest BCUT2D eigenvalue weighted by Crippen LogP contribution is 2.26. The van der Waals surface area contributed by atoms with Crippen LogP contribution in [0.1, 0.15) is 20.3 Å². The topological polar surface area (TPSA) is 38.0 Å². The number of nitrogens with one attached hydrogen (secondary N) is 1. The number of hydrogen-bond donors (Lipinski definition) is 2. The summed E-state index contributed by atoms with van der Waals surface area (Å²) >= 11 is 7.76. The molecule has 0 aliphatic carbocycles. The molecular weight excluding hydrogens is 240 g/mol. The summed E-state index contributed by atoms with van der Waals surface area (Å²) in [4.78, 5) is 1.18. The number of nitrogen functional groups attached to an aromatic ring is 1. The third-order valence-corrected chi connectivity index (χ3v) is 3.52. The normalized spacial score (nSPS) is 11.0. The Kier molecular flexibility index (Phi) is 6.03. The molecule has 16 heavy (non-hydrogen) atoms. The van der Waals surface area contributed by atoms with Gasteiger partial charge in [-0.3, -0.25) is 0 Å². The SMILES string of the molecule is CC(C)NCCCSc1ccc(N)c(Cl)c1. The lowest BCUT2D eigenvalue weighted by molar-refractivity contribution is 0.586. The minimum atomic E-state index is 0.566. The average molecular weight is 259 g/mol. The highest BCUT2D eigenvalue weighted by atomic mass is 35.5. The molecule has 2 nitrogen and oxygen atoms in total. The molecule has 0 atom stereocenters. The van der Waals surface area contributed by atoms with Crippen LogP contribution in [0.15, 0.2) is 23.1 Å². The lowest BCUT2D eigenvalue weighted by Gasteiger charge is -2.07. The smallest absolute Gasteiger partial charge is 0.0646 e. The fourth-order valence-electron chi connectivity index (χ4n) is 1.25. The minimum Gasteiger partial charge on any atom is -0.398 e. The summed E-state index contributed by atoms with van der Waals surface area (Å²) in [6, 6.07) is 6.37. The van der Waals surface area contributed by atoms with Gasteiger partial charge >= 0.3 is 0 Å². The molecule has 0 spiro atoms. The second-order valence-electron chi connectivity index (χ2n) is 3.99. The van der Waals surface area contributed by atoms with Crippen molar-refractivity contribution in [2.24, 2.45) is 0 Å². The Morgan fingerprint density at radius 1 is 1.44 bits per heavy atom. The summed E-state index contributed by atoms with van der Waals surface area (Å²) < 4.78 is 0. The van der Waals surface area contributed by atoms with E-state index in [-0.39, 0.29) is 0 Å². The standard InChI is InChI=1S/C12H19ClN2S/c1-9(2)15-6-3-7-16-10-4-5-12(14)11(13)8-10/h4-5,8-9,15H,3,6-7,14H2,1-2H3. The highest BCUT2D eigenvalue weighted by molar-refractivity contribution is 7.99. The summed E-state index contributed by atoms with van der Waals surface area (Å²) in [5.41, 5.74) is 6.29. The van der Waals surface area contributed by atoms with Crippen LogP contribution in [0, 0.1) is 0 Å². The summed E-state index contributed by atoms with van der Waals surface area (Å²) in [5.74, 6) is 1.10. The molecule has 0 heterocycles. The van der Waals surface area contributed by atoms with Crippen LogP contribution in [0.2, 0.25) is 5.02 Å². The van der Waals surface area contributed by atoms with Gasteiger partial charge in [-0.15, -0.1) is 11.8 Å². The van der Waals surface area contributed by atoms with Gasteiger partial charge in [0.05, 0.1) is 10.7 Å². The Morgan fingerprint density at radius 3 is 2.81 bits per heavy atom. The number of anilines is 1. The van der Waals surface area contributed by atoms with Gasteiger partial charge in [0.15, 0.2) is 0 Å². The molecule has 1 aromatic carbocycles. The van der Waals surface area contributed by atoms with Gasteiger partial charge in [-0.2, -0.15) is 0 Å². The van der Waals surface area contributed by atoms with Crippen molar-refractivity contribution in [3.63, 3.8) is 0 Å². The van der Waals surface area contributed by atoms with Crippen LogP contribution in [0.3, 0.4) is 0 Å². The Bertz CT molecular complexity index is 329. The van der Waals surface area contributed by atoms with Crippen molar-refractivity contribution in [3.8, 4) is 0 Å². The summed E-state index contributed by atoms with van der Waals surface area (Å²) in [5, 5.41) is 4.04. The van der Waals surface area contributed by atoms with E-state index in [1.54, 1.807) is 0 Å². The first-order valence-corrected chi connectivity index (χ1v) is 6.87. The maximum absolute atomic E-state index is 5.94. The van der Waals surface area contributed by atoms with Crippen molar-refractivity contribution in [2.75, 3.05) is 18.0 Å². The van der Waals surface area contributed by atoms with Crippen molar-refractivity contribution >= 4 is 29.1 Å². The fraction of sp³-hybridized carbons (Fsp3) is 0.500. The first kappa shape index (κ1) is 13.7. The average Bonchev–Trinajstić information content (AvgIpc) is 2.22. The van der Waals surface area contributed by atoms with Gasteiger partial charge in [0.25, 0.3) is 0 Å². The zero-order valence-corrected chi connectivity index (χ0v) is 11.4. The molecule has 0 bridgehead atoms. The van der Waals surface area contributed by atoms with Crippen molar-refractivity contribution in [3.05, 3.63) is 23.2 Å². The van der Waals surface area contributed by atoms with Crippen molar-refractivity contribution in [2.45, 2.75) is 31.2 Å². The van der Waals surface area contributed by atoms with E-state index in [4.69, 9.17) is 17.3 Å². The van der Waals surface area contributed by atoms with Crippen LogP contribution in [0.25, 0.3) is 0 Å². The first-order chi connectivity index (χ1) is 7.59. The third kappa shape index (κ3) is 5.10. The van der Waals surface area contributed by atoms with E-state index in [0.29, 0.717) is 16.8 Å². The number of thioether (sulfide) groups is 1. The van der Waals surface area contributed by atoms with Crippen LogP contribution in [-0.4, -0.2) is 18.3 Å². The van der Waals surface area contributed by atoms with E-state index >= 15 is 0 Å². The molecular formula is C12H19ClN2S. The molecule has 0 aromatic heterocycles. The maximum Gasteiger partial charge on any atom is 0.0646 e. The predicted molar refractivity (Wildman–Crippen MR) is 74.3 cm³/mol. The molecule has 4 heteroatoms. The number of nitrogens with two attached hydrogens (primary N) is 1. The van der Waals surface area contributed by atoms with Crippen LogP contribution in [0.4, 0.5) is 5.69 Å². The molecule has 0 aliphatic rings. The van der Waals surface area contributed by atoms with Gasteiger partial charge in [0.1, 0.15) is 0 Å². The largest absolute Gasteiger partial charge is 0.398 e. The quantitative estimate of drug-likeness (QED) is 0.467. The monoisotopic (exact) mass is 258 g/mol. The first-order valence-electron chi connectivity index (χ1n) is 5.51. The minimum absolute atomic E-state index is 0.566. The number of benzene rings is 1.